The molecule has 49 heavy (non-hydrogen) atoms. The number of aliphatic carboxylic acids is 1. The van der Waals surface area contributed by atoms with Crippen molar-refractivity contribution in [3.8, 4) is 11.5 Å². The van der Waals surface area contributed by atoms with E-state index in [1.54, 1.807) is 0 Å². The Labute approximate surface area is 277 Å². The van der Waals surface area contributed by atoms with Gasteiger partial charge >= 0.3 is 24.7 Å². The molecule has 0 aromatic heterocycles. The maximum atomic E-state index is 13.7. The summed E-state index contributed by atoms with van der Waals surface area (Å²) in [4.78, 5) is 14.8. The Hall–Kier alpha value is -4.30. The molecule has 0 amide bonds. The highest BCUT2D eigenvalue weighted by Gasteiger charge is 2.37. The molecule has 1 saturated carbocycles. The number of rotatable bonds is 12. The van der Waals surface area contributed by atoms with Gasteiger partial charge in [0.25, 0.3) is 0 Å². The van der Waals surface area contributed by atoms with Crippen LogP contribution in [0, 0.1) is 11.8 Å². The van der Waals surface area contributed by atoms with Gasteiger partial charge in [0, 0.05) is 37.6 Å². The molecule has 1 N–H and O–H groups in total. The summed E-state index contributed by atoms with van der Waals surface area (Å²) in [5.74, 6) is -1.38. The van der Waals surface area contributed by atoms with Crippen molar-refractivity contribution in [2.24, 2.45) is 11.8 Å². The van der Waals surface area contributed by atoms with Crippen LogP contribution in [0.15, 0.2) is 60.7 Å². The molecule has 4 rings (SSSR count). The SMILES string of the molecule is CCN(C[C@H]1CC[C@H](C(=O)O)CC1)c1ccc(OC(F)(F)F)cc1CN(Cc1cc(C(F)(F)F)cc(C(F)(F)F)c1)c1ccc(OC)cc1. The molecular formula is C34H35F9N2O4. The van der Waals surface area contributed by atoms with Crippen LogP contribution < -0.4 is 19.3 Å². The van der Waals surface area contributed by atoms with Gasteiger partial charge in [-0.25, -0.2) is 0 Å². The summed E-state index contributed by atoms with van der Waals surface area (Å²) < 4.78 is 131. The Morgan fingerprint density at radius 1 is 0.776 bits per heavy atom. The van der Waals surface area contributed by atoms with E-state index in [2.05, 4.69) is 4.74 Å². The van der Waals surface area contributed by atoms with Gasteiger partial charge in [-0.2, -0.15) is 26.3 Å². The first-order valence-electron chi connectivity index (χ1n) is 15.4. The lowest BCUT2D eigenvalue weighted by molar-refractivity contribution is -0.274. The molecule has 0 aliphatic heterocycles. The fourth-order valence-electron chi connectivity index (χ4n) is 6.06. The molecule has 0 saturated heterocycles. The highest BCUT2D eigenvalue weighted by atomic mass is 19.4. The van der Waals surface area contributed by atoms with Crippen molar-refractivity contribution < 1.29 is 58.9 Å². The quantitative estimate of drug-likeness (QED) is 0.190. The number of benzene rings is 3. The molecule has 0 spiro atoms. The molecule has 0 heterocycles. The first-order valence-corrected chi connectivity index (χ1v) is 15.4. The number of nitrogens with zero attached hydrogens (tertiary/aromatic N) is 2. The molecule has 0 unspecified atom stereocenters. The predicted molar refractivity (Wildman–Crippen MR) is 163 cm³/mol. The number of hydrogen-bond acceptors (Lipinski definition) is 5. The first kappa shape index (κ1) is 37.5. The average Bonchev–Trinajstić information content (AvgIpc) is 3.02. The van der Waals surface area contributed by atoms with E-state index in [1.807, 2.05) is 11.8 Å². The largest absolute Gasteiger partial charge is 0.573 e. The molecule has 268 valence electrons. The van der Waals surface area contributed by atoms with E-state index in [9.17, 15) is 49.4 Å². The Morgan fingerprint density at radius 2 is 1.35 bits per heavy atom. The van der Waals surface area contributed by atoms with E-state index in [0.29, 0.717) is 68.0 Å². The average molecular weight is 707 g/mol. The van der Waals surface area contributed by atoms with Gasteiger partial charge in [-0.3, -0.25) is 4.79 Å². The normalized spacial score (nSPS) is 17.0. The van der Waals surface area contributed by atoms with Crippen LogP contribution >= 0.6 is 0 Å². The van der Waals surface area contributed by atoms with Gasteiger partial charge in [-0.15, -0.1) is 13.2 Å². The zero-order valence-electron chi connectivity index (χ0n) is 26.6. The van der Waals surface area contributed by atoms with E-state index in [0.717, 1.165) is 12.1 Å². The Kier molecular flexibility index (Phi) is 11.5. The van der Waals surface area contributed by atoms with Crippen molar-refractivity contribution in [1.82, 2.24) is 0 Å². The molecular weight excluding hydrogens is 671 g/mol. The molecule has 3 aromatic rings. The number of carboxylic acids is 1. The molecule has 1 aliphatic rings. The van der Waals surface area contributed by atoms with E-state index in [4.69, 9.17) is 4.74 Å². The number of ether oxygens (including phenoxy) is 2. The minimum Gasteiger partial charge on any atom is -0.497 e. The Balaban J connectivity index is 1.77. The predicted octanol–water partition coefficient (Wildman–Crippen LogP) is 9.56. The summed E-state index contributed by atoms with van der Waals surface area (Å²) in [5.41, 5.74) is -2.23. The van der Waals surface area contributed by atoms with Gasteiger partial charge < -0.3 is 24.4 Å². The third kappa shape index (κ3) is 10.3. The fourth-order valence-corrected chi connectivity index (χ4v) is 6.06. The molecule has 0 radical (unpaired) electrons. The van der Waals surface area contributed by atoms with Crippen LogP contribution in [0.25, 0.3) is 0 Å². The van der Waals surface area contributed by atoms with Crippen LogP contribution in [-0.4, -0.2) is 37.6 Å². The molecule has 6 nitrogen and oxygen atoms in total. The molecule has 0 atom stereocenters. The third-order valence-electron chi connectivity index (χ3n) is 8.50. The number of carbonyl (C=O) groups is 1. The summed E-state index contributed by atoms with van der Waals surface area (Å²) in [6.45, 7) is 1.96. The molecule has 3 aromatic carbocycles. The fraction of sp³-hybridized carbons (Fsp3) is 0.441. The van der Waals surface area contributed by atoms with Gasteiger partial charge in [0.05, 0.1) is 24.2 Å². The topological polar surface area (TPSA) is 62.2 Å². The second kappa shape index (κ2) is 15.1. The molecule has 0 bridgehead atoms. The number of alkyl halides is 9. The summed E-state index contributed by atoms with van der Waals surface area (Å²) in [5, 5.41) is 9.37. The lowest BCUT2D eigenvalue weighted by Gasteiger charge is -2.34. The van der Waals surface area contributed by atoms with Crippen LogP contribution in [0.2, 0.25) is 0 Å². The summed E-state index contributed by atoms with van der Waals surface area (Å²) in [6.07, 6.45) is -13.0. The van der Waals surface area contributed by atoms with Gasteiger partial charge in [0.2, 0.25) is 0 Å². The smallest absolute Gasteiger partial charge is 0.497 e. The monoisotopic (exact) mass is 706 g/mol. The number of carboxylic acid groups (broad SMARTS) is 1. The molecule has 1 aliphatic carbocycles. The van der Waals surface area contributed by atoms with Crippen molar-refractivity contribution >= 4 is 17.3 Å². The molecule has 1 fully saturated rings. The summed E-state index contributed by atoms with van der Waals surface area (Å²) in [7, 11) is 1.40. The summed E-state index contributed by atoms with van der Waals surface area (Å²) in [6, 6.07) is 11.1. The number of hydrogen-bond donors (Lipinski definition) is 1. The third-order valence-corrected chi connectivity index (χ3v) is 8.50. The van der Waals surface area contributed by atoms with Crippen LogP contribution in [0.5, 0.6) is 11.5 Å². The maximum Gasteiger partial charge on any atom is 0.573 e. The van der Waals surface area contributed by atoms with Gasteiger partial charge in [-0.05, 0) is 110 Å². The van der Waals surface area contributed by atoms with Gasteiger partial charge in [-0.1, -0.05) is 0 Å². The van der Waals surface area contributed by atoms with Crippen molar-refractivity contribution in [2.75, 3.05) is 30.0 Å². The van der Waals surface area contributed by atoms with E-state index < -0.39 is 54.0 Å². The van der Waals surface area contributed by atoms with Crippen molar-refractivity contribution in [3.63, 3.8) is 0 Å². The number of anilines is 2. The van der Waals surface area contributed by atoms with Gasteiger partial charge in [0.15, 0.2) is 0 Å². The minimum absolute atomic E-state index is 0.0281. The highest BCUT2D eigenvalue weighted by Crippen LogP contribution is 2.38. The number of halogens is 9. The molecule has 15 heteroatoms. The van der Waals surface area contributed by atoms with Crippen LogP contribution in [0.4, 0.5) is 50.9 Å². The Bertz CT molecular complexity index is 1530. The lowest BCUT2D eigenvalue weighted by Crippen LogP contribution is -2.34. The van der Waals surface area contributed by atoms with Crippen molar-refractivity contribution in [3.05, 3.63) is 82.9 Å². The standard InChI is InChI=1S/C34H35F9N2O4/c1-3-44(18-21-4-6-23(7-5-21)31(46)47)30-13-12-29(49-34(41,42)43)16-24(30)20-45(27-8-10-28(48-2)11-9-27)19-22-14-25(32(35,36)37)17-26(15-22)33(38,39)40/h8-17,21,23H,3-7,18-20H2,1-2H3,(H,46,47)/t21-,23-. The van der Waals surface area contributed by atoms with Crippen LogP contribution in [-0.2, 0) is 30.2 Å². The van der Waals surface area contributed by atoms with E-state index in [-0.39, 0.29) is 29.7 Å². The Morgan fingerprint density at radius 3 is 1.84 bits per heavy atom. The van der Waals surface area contributed by atoms with Crippen molar-refractivity contribution in [2.45, 2.75) is 64.4 Å². The zero-order chi connectivity index (χ0) is 36.1. The van der Waals surface area contributed by atoms with Crippen LogP contribution in [0.3, 0.4) is 0 Å². The van der Waals surface area contributed by atoms with E-state index in [1.165, 1.54) is 42.3 Å². The maximum absolute atomic E-state index is 13.7. The van der Waals surface area contributed by atoms with Crippen molar-refractivity contribution in [1.29, 1.82) is 0 Å². The second-order valence-electron chi connectivity index (χ2n) is 11.9. The van der Waals surface area contributed by atoms with Gasteiger partial charge in [0.1, 0.15) is 11.5 Å². The summed E-state index contributed by atoms with van der Waals surface area (Å²) >= 11 is 0. The highest BCUT2D eigenvalue weighted by molar-refractivity contribution is 5.70. The van der Waals surface area contributed by atoms with Crippen LogP contribution in [0.1, 0.15) is 54.9 Å². The lowest BCUT2D eigenvalue weighted by atomic mass is 9.81. The minimum atomic E-state index is -5.08. The van der Waals surface area contributed by atoms with E-state index >= 15 is 0 Å². The zero-order valence-corrected chi connectivity index (χ0v) is 26.6. The number of methoxy groups -OCH3 is 1. The second-order valence-corrected chi connectivity index (χ2v) is 11.9. The first-order chi connectivity index (χ1) is 22.9.